The average molecular weight is 407 g/mol. The van der Waals surface area contributed by atoms with E-state index in [-0.39, 0.29) is 12.6 Å². The first kappa shape index (κ1) is 19.2. The number of halogens is 1. The maximum absolute atomic E-state index is 12.8. The molecule has 4 nitrogen and oxygen atoms in total. The smallest absolute Gasteiger partial charge is 0.189 e. The van der Waals surface area contributed by atoms with Gasteiger partial charge in [0.05, 0.1) is 12.2 Å². The Bertz CT molecular complexity index is 1040. The van der Waals surface area contributed by atoms with Crippen LogP contribution in [0, 0.1) is 0 Å². The lowest BCUT2D eigenvalue weighted by molar-refractivity contribution is -0.0165. The van der Waals surface area contributed by atoms with E-state index in [9.17, 15) is 4.79 Å². The van der Waals surface area contributed by atoms with Crippen LogP contribution in [-0.2, 0) is 18.0 Å². The second kappa shape index (κ2) is 8.95. The van der Waals surface area contributed by atoms with Crippen molar-refractivity contribution in [3.63, 3.8) is 0 Å². The van der Waals surface area contributed by atoms with Crippen molar-refractivity contribution in [2.75, 3.05) is 6.79 Å². The Labute approximate surface area is 174 Å². The van der Waals surface area contributed by atoms with Crippen LogP contribution in [0.1, 0.15) is 27.0 Å². The van der Waals surface area contributed by atoms with Crippen molar-refractivity contribution >= 4 is 23.5 Å². The minimum absolute atomic E-state index is 0.158. The fraction of sp³-hybridized carbons (Fsp3) is 0.125. The van der Waals surface area contributed by atoms with Gasteiger partial charge in [-0.1, -0.05) is 54.1 Å². The second-order valence-electron chi connectivity index (χ2n) is 6.56. The van der Waals surface area contributed by atoms with Gasteiger partial charge in [-0.3, -0.25) is 4.79 Å². The van der Waals surface area contributed by atoms with Crippen LogP contribution in [-0.4, -0.2) is 12.6 Å². The van der Waals surface area contributed by atoms with E-state index in [1.54, 1.807) is 24.3 Å². The van der Waals surface area contributed by atoms with E-state index in [0.717, 1.165) is 16.7 Å². The molecule has 0 saturated carbocycles. The summed E-state index contributed by atoms with van der Waals surface area (Å²) in [6.07, 6.45) is 3.22. The fourth-order valence-electron chi connectivity index (χ4n) is 3.12. The fourth-order valence-corrected chi connectivity index (χ4v) is 3.37. The van der Waals surface area contributed by atoms with Crippen LogP contribution in [0.5, 0.6) is 11.5 Å². The van der Waals surface area contributed by atoms with Gasteiger partial charge in [0, 0.05) is 16.1 Å². The van der Waals surface area contributed by atoms with E-state index in [4.69, 9.17) is 25.8 Å². The van der Waals surface area contributed by atoms with Crippen LogP contribution in [0.25, 0.3) is 6.08 Å². The Morgan fingerprint density at radius 2 is 1.86 bits per heavy atom. The average Bonchev–Trinajstić information content (AvgIpc) is 2.76. The number of carbonyl (C=O) groups excluding carboxylic acids is 1. The van der Waals surface area contributed by atoms with Gasteiger partial charge in [-0.15, -0.1) is 0 Å². The summed E-state index contributed by atoms with van der Waals surface area (Å²) in [5, 5.41) is 0.566. The Balaban J connectivity index is 1.54. The summed E-state index contributed by atoms with van der Waals surface area (Å²) >= 11 is 6.19. The Morgan fingerprint density at radius 1 is 1.07 bits per heavy atom. The lowest BCUT2D eigenvalue weighted by Gasteiger charge is -2.19. The lowest BCUT2D eigenvalue weighted by atomic mass is 10.1. The SMILES string of the molecule is O=C(/C=C/c1cc(Cl)cc2c1OCOC2)c1ccccc1OCc1ccccc1. The summed E-state index contributed by atoms with van der Waals surface area (Å²) in [4.78, 5) is 12.8. The summed E-state index contributed by atoms with van der Waals surface area (Å²) in [6.45, 7) is 1.00. The summed E-state index contributed by atoms with van der Waals surface area (Å²) in [7, 11) is 0. The molecule has 0 aromatic heterocycles. The predicted octanol–water partition coefficient (Wildman–Crippen LogP) is 5.68. The summed E-state index contributed by atoms with van der Waals surface area (Å²) in [6, 6.07) is 20.6. The molecule has 5 heteroatoms. The Morgan fingerprint density at radius 3 is 2.72 bits per heavy atom. The van der Waals surface area contributed by atoms with Crippen molar-refractivity contribution in [1.82, 2.24) is 0 Å². The zero-order valence-electron chi connectivity index (χ0n) is 15.6. The Hall–Kier alpha value is -3.08. The van der Waals surface area contributed by atoms with Gasteiger partial charge >= 0.3 is 0 Å². The first-order valence-electron chi connectivity index (χ1n) is 9.22. The zero-order chi connectivity index (χ0) is 20.1. The number of hydrogen-bond donors (Lipinski definition) is 0. The number of ether oxygens (including phenoxy) is 3. The highest BCUT2D eigenvalue weighted by Gasteiger charge is 2.16. The number of rotatable bonds is 6. The van der Waals surface area contributed by atoms with Crippen LogP contribution < -0.4 is 9.47 Å². The molecule has 0 amide bonds. The van der Waals surface area contributed by atoms with Crippen LogP contribution >= 0.6 is 11.6 Å². The molecule has 0 bridgehead atoms. The van der Waals surface area contributed by atoms with Crippen molar-refractivity contribution < 1.29 is 19.0 Å². The van der Waals surface area contributed by atoms with E-state index in [0.29, 0.717) is 35.3 Å². The molecule has 1 aliphatic heterocycles. The first-order valence-corrected chi connectivity index (χ1v) is 9.59. The molecule has 4 rings (SSSR count). The molecule has 1 heterocycles. The van der Waals surface area contributed by atoms with Gasteiger partial charge in [-0.25, -0.2) is 0 Å². The van der Waals surface area contributed by atoms with Gasteiger partial charge in [-0.05, 0) is 42.0 Å². The minimum Gasteiger partial charge on any atom is -0.488 e. The topological polar surface area (TPSA) is 44.8 Å². The standard InChI is InChI=1S/C24H19ClO4/c25-20-12-18(24-19(13-20)15-27-16-29-24)10-11-22(26)21-8-4-5-9-23(21)28-14-17-6-2-1-3-7-17/h1-13H,14-16H2/b11-10+. The maximum Gasteiger partial charge on any atom is 0.189 e. The molecule has 3 aromatic rings. The number of carbonyl (C=O) groups is 1. The van der Waals surface area contributed by atoms with Crippen molar-refractivity contribution in [1.29, 1.82) is 0 Å². The highest BCUT2D eigenvalue weighted by atomic mass is 35.5. The third-order valence-electron chi connectivity index (χ3n) is 4.51. The van der Waals surface area contributed by atoms with Crippen molar-refractivity contribution in [2.45, 2.75) is 13.2 Å². The maximum atomic E-state index is 12.8. The van der Waals surface area contributed by atoms with Crippen molar-refractivity contribution in [2.24, 2.45) is 0 Å². The molecule has 0 aliphatic carbocycles. The molecule has 0 radical (unpaired) electrons. The third kappa shape index (κ3) is 4.67. The summed E-state index contributed by atoms with van der Waals surface area (Å²) in [5.41, 5.74) is 3.14. The number of para-hydroxylation sites is 1. The van der Waals surface area contributed by atoms with Gasteiger partial charge in [0.1, 0.15) is 18.1 Å². The van der Waals surface area contributed by atoms with Gasteiger partial charge < -0.3 is 14.2 Å². The first-order chi connectivity index (χ1) is 14.2. The molecule has 0 unspecified atom stereocenters. The van der Waals surface area contributed by atoms with E-state index in [1.807, 2.05) is 48.5 Å². The summed E-state index contributed by atoms with van der Waals surface area (Å²) < 4.78 is 16.8. The van der Waals surface area contributed by atoms with Gasteiger partial charge in [0.15, 0.2) is 12.6 Å². The van der Waals surface area contributed by atoms with Gasteiger partial charge in [0.2, 0.25) is 0 Å². The number of benzene rings is 3. The normalized spacial score (nSPS) is 13.0. The molecule has 0 atom stereocenters. The second-order valence-corrected chi connectivity index (χ2v) is 7.00. The van der Waals surface area contributed by atoms with Crippen LogP contribution in [0.15, 0.2) is 72.8 Å². The number of fused-ring (bicyclic) bond motifs is 1. The van der Waals surface area contributed by atoms with Gasteiger partial charge in [0.25, 0.3) is 0 Å². The van der Waals surface area contributed by atoms with Crippen LogP contribution in [0.4, 0.5) is 0 Å². The molecule has 146 valence electrons. The highest BCUT2D eigenvalue weighted by molar-refractivity contribution is 6.30. The van der Waals surface area contributed by atoms with Crippen molar-refractivity contribution in [3.8, 4) is 11.5 Å². The van der Waals surface area contributed by atoms with Crippen molar-refractivity contribution in [3.05, 3.63) is 100 Å². The largest absolute Gasteiger partial charge is 0.488 e. The highest BCUT2D eigenvalue weighted by Crippen LogP contribution is 2.32. The monoisotopic (exact) mass is 406 g/mol. The van der Waals surface area contributed by atoms with Crippen LogP contribution in [0.3, 0.4) is 0 Å². The van der Waals surface area contributed by atoms with E-state index >= 15 is 0 Å². The molecule has 0 fully saturated rings. The molecular weight excluding hydrogens is 388 g/mol. The predicted molar refractivity (Wildman–Crippen MR) is 112 cm³/mol. The lowest BCUT2D eigenvalue weighted by Crippen LogP contribution is -2.12. The van der Waals surface area contributed by atoms with E-state index < -0.39 is 0 Å². The molecule has 29 heavy (non-hydrogen) atoms. The molecule has 1 aliphatic rings. The quantitative estimate of drug-likeness (QED) is 0.390. The minimum atomic E-state index is -0.158. The van der Waals surface area contributed by atoms with Gasteiger partial charge in [-0.2, -0.15) is 0 Å². The van der Waals surface area contributed by atoms with E-state index in [2.05, 4.69) is 0 Å². The molecule has 3 aromatic carbocycles. The van der Waals surface area contributed by atoms with Crippen LogP contribution in [0.2, 0.25) is 5.02 Å². The molecule has 0 saturated heterocycles. The third-order valence-corrected chi connectivity index (χ3v) is 4.73. The molecule has 0 N–H and O–H groups in total. The zero-order valence-corrected chi connectivity index (χ0v) is 16.4. The Kier molecular flexibility index (Phi) is 5.94. The van der Waals surface area contributed by atoms with E-state index in [1.165, 1.54) is 6.08 Å². The number of hydrogen-bond acceptors (Lipinski definition) is 4. The summed E-state index contributed by atoms with van der Waals surface area (Å²) in [5.74, 6) is 1.08. The number of allylic oxidation sites excluding steroid dienone is 1. The molecule has 0 spiro atoms. The molecular formula is C24H19ClO4. The number of ketones is 1.